The first-order valence-electron chi connectivity index (χ1n) is 3.86. The predicted molar refractivity (Wildman–Crippen MR) is 45.5 cm³/mol. The summed E-state index contributed by atoms with van der Waals surface area (Å²) in [6.45, 7) is 4.10. The van der Waals surface area contributed by atoms with E-state index in [1.54, 1.807) is 12.1 Å². The fourth-order valence-electron chi connectivity index (χ4n) is 0.866. The number of hydrogen-bond donors (Lipinski definition) is 0. The van der Waals surface area contributed by atoms with Gasteiger partial charge in [-0.2, -0.15) is 9.59 Å². The highest BCUT2D eigenvalue weighted by molar-refractivity contribution is 5.20. The molecule has 0 spiro atoms. The van der Waals surface area contributed by atoms with Crippen LogP contribution in [0.3, 0.4) is 0 Å². The maximum atomic E-state index is 12.5. The molecule has 0 aliphatic carbocycles. The van der Waals surface area contributed by atoms with Crippen molar-refractivity contribution >= 4 is 6.15 Å². The molecule has 0 fully saturated rings. The number of carbonyl (C=O) groups excluding carboxylic acids is 2. The lowest BCUT2D eigenvalue weighted by Crippen LogP contribution is -1.86. The van der Waals surface area contributed by atoms with Crippen LogP contribution in [0.2, 0.25) is 0 Å². The van der Waals surface area contributed by atoms with E-state index in [2.05, 4.69) is 13.8 Å². The largest absolute Gasteiger partial charge is 0.373 e. The van der Waals surface area contributed by atoms with Crippen molar-refractivity contribution in [1.29, 1.82) is 0 Å². The number of rotatable bonds is 1. The van der Waals surface area contributed by atoms with Gasteiger partial charge in [-0.15, -0.1) is 0 Å². The van der Waals surface area contributed by atoms with Gasteiger partial charge in [0.1, 0.15) is 5.82 Å². The molecule has 0 atom stereocenters. The van der Waals surface area contributed by atoms with Crippen LogP contribution in [-0.4, -0.2) is 6.15 Å². The summed E-state index contributed by atoms with van der Waals surface area (Å²) in [6, 6.07) is 6.72. The quantitative estimate of drug-likeness (QED) is 0.668. The van der Waals surface area contributed by atoms with Gasteiger partial charge in [-0.05, 0) is 23.6 Å². The highest BCUT2D eigenvalue weighted by atomic mass is 19.1. The Balaban J connectivity index is 0.000000424. The number of benzene rings is 1. The van der Waals surface area contributed by atoms with E-state index >= 15 is 0 Å². The molecule has 13 heavy (non-hydrogen) atoms. The molecular weight excluding hydrogens is 171 g/mol. The molecule has 0 amide bonds. The van der Waals surface area contributed by atoms with Crippen molar-refractivity contribution in [3.05, 3.63) is 35.6 Å². The third-order valence-electron chi connectivity index (χ3n) is 1.52. The molecule has 1 rings (SSSR count). The molecule has 0 aliphatic rings. The molecule has 2 nitrogen and oxygen atoms in total. The number of halogens is 1. The second kappa shape index (κ2) is 6.09. The van der Waals surface area contributed by atoms with E-state index in [9.17, 15) is 4.39 Å². The van der Waals surface area contributed by atoms with Crippen molar-refractivity contribution in [3.8, 4) is 0 Å². The van der Waals surface area contributed by atoms with E-state index in [1.165, 1.54) is 6.07 Å². The van der Waals surface area contributed by atoms with E-state index in [4.69, 9.17) is 9.59 Å². The van der Waals surface area contributed by atoms with Gasteiger partial charge in [0, 0.05) is 0 Å². The smallest absolute Gasteiger partial charge is 0.207 e. The molecule has 0 radical (unpaired) electrons. The minimum absolute atomic E-state index is 0.147. The predicted octanol–water partition coefficient (Wildman–Crippen LogP) is 2.37. The Morgan fingerprint density at radius 3 is 2.15 bits per heavy atom. The van der Waals surface area contributed by atoms with Crippen LogP contribution in [0.15, 0.2) is 24.3 Å². The monoisotopic (exact) mass is 182 g/mol. The van der Waals surface area contributed by atoms with Crippen LogP contribution >= 0.6 is 0 Å². The SMILES string of the molecule is CC(C)c1cccc(F)c1.O=C=O. The van der Waals surface area contributed by atoms with Gasteiger partial charge in [-0.1, -0.05) is 26.0 Å². The Bertz CT molecular complexity index is 289. The summed E-state index contributed by atoms with van der Waals surface area (Å²) < 4.78 is 12.5. The Labute approximate surface area is 76.4 Å². The van der Waals surface area contributed by atoms with Crippen LogP contribution in [0.4, 0.5) is 4.39 Å². The van der Waals surface area contributed by atoms with Crippen molar-refractivity contribution < 1.29 is 14.0 Å². The summed E-state index contributed by atoms with van der Waals surface area (Å²) in [5.74, 6) is 0.266. The van der Waals surface area contributed by atoms with Crippen LogP contribution in [0.5, 0.6) is 0 Å². The summed E-state index contributed by atoms with van der Waals surface area (Å²) in [7, 11) is 0. The lowest BCUT2D eigenvalue weighted by molar-refractivity contribution is -0.191. The zero-order valence-corrected chi connectivity index (χ0v) is 7.58. The Kier molecular flexibility index (Phi) is 5.40. The summed E-state index contributed by atoms with van der Waals surface area (Å²) >= 11 is 0. The second-order valence-electron chi connectivity index (χ2n) is 2.79. The fraction of sp³-hybridized carbons (Fsp3) is 0.300. The molecule has 0 unspecified atom stereocenters. The molecule has 70 valence electrons. The van der Waals surface area contributed by atoms with Crippen molar-refractivity contribution in [3.63, 3.8) is 0 Å². The Morgan fingerprint density at radius 2 is 1.85 bits per heavy atom. The third kappa shape index (κ3) is 4.88. The fourth-order valence-corrected chi connectivity index (χ4v) is 0.866. The van der Waals surface area contributed by atoms with Gasteiger partial charge in [-0.25, -0.2) is 4.39 Å². The van der Waals surface area contributed by atoms with Crippen LogP contribution in [0.25, 0.3) is 0 Å². The first-order valence-corrected chi connectivity index (χ1v) is 3.86. The van der Waals surface area contributed by atoms with Gasteiger partial charge in [0.15, 0.2) is 0 Å². The zero-order chi connectivity index (χ0) is 10.3. The second-order valence-corrected chi connectivity index (χ2v) is 2.79. The summed E-state index contributed by atoms with van der Waals surface area (Å²) in [4.78, 5) is 16.2. The summed E-state index contributed by atoms with van der Waals surface area (Å²) in [5.41, 5.74) is 1.06. The molecular formula is C10H11FO2. The van der Waals surface area contributed by atoms with Crippen molar-refractivity contribution in [1.82, 2.24) is 0 Å². The topological polar surface area (TPSA) is 34.1 Å². The molecule has 0 heterocycles. The van der Waals surface area contributed by atoms with Gasteiger partial charge in [0.25, 0.3) is 0 Å². The Hall–Kier alpha value is -1.47. The summed E-state index contributed by atoms with van der Waals surface area (Å²) in [5, 5.41) is 0. The van der Waals surface area contributed by atoms with E-state index < -0.39 is 0 Å². The Morgan fingerprint density at radius 1 is 1.31 bits per heavy atom. The highest BCUT2D eigenvalue weighted by Gasteiger charge is 1.97. The molecule has 0 N–H and O–H groups in total. The summed E-state index contributed by atoms with van der Waals surface area (Å²) in [6.07, 6.45) is 0.250. The maximum absolute atomic E-state index is 12.5. The molecule has 0 saturated heterocycles. The molecule has 0 aromatic heterocycles. The van der Waals surface area contributed by atoms with E-state index in [0.717, 1.165) is 5.56 Å². The lowest BCUT2D eigenvalue weighted by atomic mass is 10.0. The normalized spacial score (nSPS) is 8.62. The van der Waals surface area contributed by atoms with Crippen molar-refractivity contribution in [2.45, 2.75) is 19.8 Å². The first-order chi connectivity index (χ1) is 6.11. The minimum Gasteiger partial charge on any atom is -0.207 e. The van der Waals surface area contributed by atoms with Crippen LogP contribution in [0, 0.1) is 5.82 Å². The van der Waals surface area contributed by atoms with E-state index in [1.807, 2.05) is 6.07 Å². The van der Waals surface area contributed by atoms with Gasteiger partial charge in [0.2, 0.25) is 0 Å². The van der Waals surface area contributed by atoms with Gasteiger partial charge >= 0.3 is 6.15 Å². The van der Waals surface area contributed by atoms with E-state index in [-0.39, 0.29) is 12.0 Å². The standard InChI is InChI=1S/C9H11F.CO2/c1-7(2)8-4-3-5-9(10)6-8;2-1-3/h3-7H,1-2H3;. The minimum atomic E-state index is -0.147. The zero-order valence-electron chi connectivity index (χ0n) is 7.58. The van der Waals surface area contributed by atoms with Crippen LogP contribution < -0.4 is 0 Å². The van der Waals surface area contributed by atoms with Crippen LogP contribution in [0.1, 0.15) is 25.3 Å². The average Bonchev–Trinajstić information content (AvgIpc) is 2.05. The molecule has 0 bridgehead atoms. The lowest BCUT2D eigenvalue weighted by Gasteiger charge is -2.02. The molecule has 1 aromatic rings. The first kappa shape index (κ1) is 11.5. The molecule has 1 aromatic carbocycles. The average molecular weight is 182 g/mol. The molecule has 0 saturated carbocycles. The molecule has 0 aliphatic heterocycles. The third-order valence-corrected chi connectivity index (χ3v) is 1.52. The van der Waals surface area contributed by atoms with Gasteiger partial charge in [0.05, 0.1) is 0 Å². The van der Waals surface area contributed by atoms with Gasteiger partial charge in [-0.3, -0.25) is 0 Å². The van der Waals surface area contributed by atoms with Crippen molar-refractivity contribution in [2.24, 2.45) is 0 Å². The van der Waals surface area contributed by atoms with E-state index in [0.29, 0.717) is 5.92 Å². The van der Waals surface area contributed by atoms with Crippen molar-refractivity contribution in [2.75, 3.05) is 0 Å². The van der Waals surface area contributed by atoms with Gasteiger partial charge < -0.3 is 0 Å². The molecule has 3 heteroatoms. The van der Waals surface area contributed by atoms with Crippen LogP contribution in [-0.2, 0) is 9.59 Å². The highest BCUT2D eigenvalue weighted by Crippen LogP contribution is 2.14. The maximum Gasteiger partial charge on any atom is 0.373 e. The number of hydrogen-bond acceptors (Lipinski definition) is 2.